The van der Waals surface area contributed by atoms with Gasteiger partial charge in [0.15, 0.2) is 0 Å². The van der Waals surface area contributed by atoms with E-state index in [-0.39, 0.29) is 12.0 Å². The van der Waals surface area contributed by atoms with Crippen molar-refractivity contribution in [2.24, 2.45) is 0 Å². The van der Waals surface area contributed by atoms with Crippen molar-refractivity contribution in [1.82, 2.24) is 9.71 Å². The highest BCUT2D eigenvalue weighted by Crippen LogP contribution is 2.29. The van der Waals surface area contributed by atoms with Gasteiger partial charge in [0.1, 0.15) is 0 Å². The first-order chi connectivity index (χ1) is 11.5. The average molecular weight is 392 g/mol. The lowest BCUT2D eigenvalue weighted by atomic mass is 10.1. The molecule has 25 heavy (non-hydrogen) atoms. The van der Waals surface area contributed by atoms with E-state index in [1.54, 1.807) is 6.92 Å². The van der Waals surface area contributed by atoms with E-state index in [0.29, 0.717) is 11.4 Å². The van der Waals surface area contributed by atoms with E-state index in [1.807, 2.05) is 10.1 Å². The van der Waals surface area contributed by atoms with E-state index in [0.717, 1.165) is 23.9 Å². The number of rotatable bonds is 6. The maximum absolute atomic E-state index is 12.7. The Morgan fingerprint density at radius 2 is 2.04 bits per heavy atom. The highest BCUT2D eigenvalue weighted by atomic mass is 32.2. The molecule has 1 aromatic heterocycles. The number of thiazole rings is 1. The second-order valence-corrected chi connectivity index (χ2v) is 8.03. The Bertz CT molecular complexity index is 861. The molecule has 10 heteroatoms. The molecule has 0 aliphatic rings. The number of benzene rings is 1. The molecular weight excluding hydrogens is 377 g/mol. The highest BCUT2D eigenvalue weighted by molar-refractivity contribution is 7.89. The molecule has 0 aliphatic heterocycles. The molecule has 1 heterocycles. The van der Waals surface area contributed by atoms with E-state index in [4.69, 9.17) is 0 Å². The van der Waals surface area contributed by atoms with Gasteiger partial charge in [0.2, 0.25) is 15.9 Å². The van der Waals surface area contributed by atoms with Gasteiger partial charge in [-0.05, 0) is 18.6 Å². The highest BCUT2D eigenvalue weighted by Gasteiger charge is 2.30. The van der Waals surface area contributed by atoms with Crippen LogP contribution in [0.5, 0.6) is 0 Å². The molecule has 136 valence electrons. The van der Waals surface area contributed by atoms with E-state index >= 15 is 0 Å². The number of nitrogens with zero attached hydrogens (tertiary/aromatic N) is 1. The Labute approximate surface area is 147 Å². The summed E-state index contributed by atoms with van der Waals surface area (Å²) in [7, 11) is -4.08. The van der Waals surface area contributed by atoms with Gasteiger partial charge >= 0.3 is 6.18 Å². The molecule has 1 aromatic carbocycles. The Morgan fingerprint density at radius 3 is 2.64 bits per heavy atom. The molecule has 0 radical (unpaired) electrons. The van der Waals surface area contributed by atoms with E-state index in [9.17, 15) is 26.4 Å². The summed E-state index contributed by atoms with van der Waals surface area (Å²) < 4.78 is 63.7. The number of aryl methyl sites for hydroxylation is 2. The Kier molecular flexibility index (Phi) is 5.83. The lowest BCUT2D eigenvalue weighted by Crippen LogP contribution is -2.31. The summed E-state index contributed by atoms with van der Waals surface area (Å²) in [4.78, 5) is 15.9. The average Bonchev–Trinajstić information content (AvgIpc) is 2.89. The van der Waals surface area contributed by atoms with Crippen molar-refractivity contribution in [3.05, 3.63) is 51.5 Å². The molecule has 0 saturated heterocycles. The zero-order valence-corrected chi connectivity index (χ0v) is 14.8. The van der Waals surface area contributed by atoms with Crippen LogP contribution >= 0.6 is 11.3 Å². The van der Waals surface area contributed by atoms with Gasteiger partial charge in [0, 0.05) is 23.9 Å². The van der Waals surface area contributed by atoms with Crippen LogP contribution < -0.4 is 4.72 Å². The maximum atomic E-state index is 12.7. The van der Waals surface area contributed by atoms with Gasteiger partial charge in [-0.1, -0.05) is 18.2 Å². The normalized spacial score (nSPS) is 12.2. The fourth-order valence-corrected chi connectivity index (χ4v) is 3.97. The first-order valence-electron chi connectivity index (χ1n) is 7.15. The summed E-state index contributed by atoms with van der Waals surface area (Å²) in [5, 5.41) is 2.53. The molecule has 0 fully saturated rings. The molecule has 0 aliphatic carbocycles. The van der Waals surface area contributed by atoms with Gasteiger partial charge in [-0.25, -0.2) is 13.4 Å². The van der Waals surface area contributed by atoms with Gasteiger partial charge < -0.3 is 0 Å². The first-order valence-corrected chi connectivity index (χ1v) is 9.69. The minimum absolute atomic E-state index is 0.0503. The SMILES string of the molecule is Cc1csc(CCC(=O)NS(=O)(=O)Cc2cccc(C(F)(F)F)c2)n1. The fraction of sp³-hybridized carbons (Fsp3) is 0.333. The molecular formula is C15H15F3N2O3S2. The fourth-order valence-electron chi connectivity index (χ4n) is 2.06. The number of hydrogen-bond acceptors (Lipinski definition) is 5. The van der Waals surface area contributed by atoms with Crippen molar-refractivity contribution in [3.8, 4) is 0 Å². The molecule has 1 amide bonds. The number of alkyl halides is 3. The van der Waals surface area contributed by atoms with E-state index in [1.165, 1.54) is 17.4 Å². The number of halogens is 3. The van der Waals surface area contributed by atoms with Gasteiger partial charge in [0.25, 0.3) is 0 Å². The quantitative estimate of drug-likeness (QED) is 0.820. The Balaban J connectivity index is 1.96. The number of hydrogen-bond donors (Lipinski definition) is 1. The molecule has 0 unspecified atom stereocenters. The number of sulfonamides is 1. The van der Waals surface area contributed by atoms with Gasteiger partial charge in [-0.15, -0.1) is 11.3 Å². The molecule has 5 nitrogen and oxygen atoms in total. The second kappa shape index (κ2) is 7.52. The van der Waals surface area contributed by atoms with Gasteiger partial charge in [0.05, 0.1) is 16.3 Å². The second-order valence-electron chi connectivity index (χ2n) is 5.37. The van der Waals surface area contributed by atoms with Crippen LogP contribution in [0.25, 0.3) is 0 Å². The van der Waals surface area contributed by atoms with Gasteiger partial charge in [-0.3, -0.25) is 9.52 Å². The summed E-state index contributed by atoms with van der Waals surface area (Å²) in [6.45, 7) is 1.81. The van der Waals surface area contributed by atoms with Crippen LogP contribution in [0.1, 0.15) is 28.2 Å². The minimum atomic E-state index is -4.56. The molecule has 0 spiro atoms. The first kappa shape index (κ1) is 19.4. The third-order valence-electron chi connectivity index (χ3n) is 3.11. The van der Waals surface area contributed by atoms with Crippen LogP contribution in [-0.2, 0) is 33.2 Å². The van der Waals surface area contributed by atoms with Crippen molar-refractivity contribution in [1.29, 1.82) is 0 Å². The molecule has 0 atom stereocenters. The lowest BCUT2D eigenvalue weighted by Gasteiger charge is -2.10. The predicted octanol–water partition coefficient (Wildman–Crippen LogP) is 3.05. The summed E-state index contributed by atoms with van der Waals surface area (Å²) in [5.41, 5.74) is -0.172. The summed E-state index contributed by atoms with van der Waals surface area (Å²) in [6, 6.07) is 3.99. The van der Waals surface area contributed by atoms with Crippen LogP contribution in [-0.4, -0.2) is 19.3 Å². The zero-order valence-electron chi connectivity index (χ0n) is 13.1. The molecule has 0 bridgehead atoms. The molecule has 0 saturated carbocycles. The number of carbonyl (C=O) groups is 1. The third kappa shape index (κ3) is 6.13. The Morgan fingerprint density at radius 1 is 1.32 bits per heavy atom. The largest absolute Gasteiger partial charge is 0.416 e. The lowest BCUT2D eigenvalue weighted by molar-refractivity contribution is -0.137. The van der Waals surface area contributed by atoms with Crippen LogP contribution in [0.3, 0.4) is 0 Å². The van der Waals surface area contributed by atoms with Crippen molar-refractivity contribution >= 4 is 27.3 Å². The van der Waals surface area contributed by atoms with Crippen LogP contribution in [0.15, 0.2) is 29.6 Å². The number of carbonyl (C=O) groups excluding carboxylic acids is 1. The van der Waals surface area contributed by atoms with E-state index < -0.39 is 33.4 Å². The monoisotopic (exact) mass is 392 g/mol. The van der Waals surface area contributed by atoms with Crippen LogP contribution in [0.4, 0.5) is 13.2 Å². The smallest absolute Gasteiger partial charge is 0.274 e. The predicted molar refractivity (Wildman–Crippen MR) is 87.4 cm³/mol. The number of amides is 1. The zero-order chi connectivity index (χ0) is 18.7. The van der Waals surface area contributed by atoms with Gasteiger partial charge in [-0.2, -0.15) is 13.2 Å². The molecule has 2 aromatic rings. The number of aromatic nitrogens is 1. The maximum Gasteiger partial charge on any atom is 0.416 e. The molecule has 1 N–H and O–H groups in total. The summed E-state index contributed by atoms with van der Waals surface area (Å²) in [6.07, 6.45) is -4.34. The van der Waals surface area contributed by atoms with E-state index in [2.05, 4.69) is 4.98 Å². The van der Waals surface area contributed by atoms with Crippen molar-refractivity contribution in [2.75, 3.05) is 0 Å². The Hall–Kier alpha value is -1.94. The van der Waals surface area contributed by atoms with Crippen LogP contribution in [0.2, 0.25) is 0 Å². The van der Waals surface area contributed by atoms with Crippen molar-refractivity contribution in [2.45, 2.75) is 31.7 Å². The minimum Gasteiger partial charge on any atom is -0.274 e. The standard InChI is InChI=1S/C15H15F3N2O3S2/c1-10-8-24-14(19-10)6-5-13(21)20-25(22,23)9-11-3-2-4-12(7-11)15(16,17)18/h2-4,7-8H,5-6,9H2,1H3,(H,20,21). The topological polar surface area (TPSA) is 76.1 Å². The molecule has 2 rings (SSSR count). The number of nitrogens with one attached hydrogen (secondary N) is 1. The van der Waals surface area contributed by atoms with Crippen molar-refractivity contribution < 1.29 is 26.4 Å². The van der Waals surface area contributed by atoms with Crippen molar-refractivity contribution in [3.63, 3.8) is 0 Å². The third-order valence-corrected chi connectivity index (χ3v) is 5.39. The summed E-state index contributed by atoms with van der Waals surface area (Å²) in [5.74, 6) is -1.43. The van der Waals surface area contributed by atoms with Crippen LogP contribution in [0, 0.1) is 6.92 Å². The summed E-state index contributed by atoms with van der Waals surface area (Å²) >= 11 is 1.37.